The third-order valence-electron chi connectivity index (χ3n) is 3.69. The summed E-state index contributed by atoms with van der Waals surface area (Å²) in [5.41, 5.74) is 0.509. The van der Waals surface area contributed by atoms with Crippen molar-refractivity contribution in [3.05, 3.63) is 53.1 Å². The van der Waals surface area contributed by atoms with E-state index in [1.54, 1.807) is 32.4 Å². The number of aryl methyl sites for hydroxylation is 1. The first-order valence-corrected chi connectivity index (χ1v) is 8.83. The predicted octanol–water partition coefficient (Wildman–Crippen LogP) is 3.05. The predicted molar refractivity (Wildman–Crippen MR) is 94.4 cm³/mol. The molecule has 0 saturated heterocycles. The minimum absolute atomic E-state index is 0.0457. The largest absolute Gasteiger partial charge is 0.467 e. The number of carbonyl (C=O) groups excluding carboxylic acids is 2. The van der Waals surface area contributed by atoms with Gasteiger partial charge < -0.3 is 18.5 Å². The number of rotatable bonds is 7. The van der Waals surface area contributed by atoms with Crippen LogP contribution >= 0.6 is 11.3 Å². The molecular formula is C18H18N2O5S. The molecule has 0 atom stereocenters. The summed E-state index contributed by atoms with van der Waals surface area (Å²) < 4.78 is 15.8. The molecule has 1 amide bonds. The summed E-state index contributed by atoms with van der Waals surface area (Å²) in [5, 5.41) is 1.92. The number of amides is 1. The summed E-state index contributed by atoms with van der Waals surface area (Å²) in [6.07, 6.45) is 1.49. The van der Waals surface area contributed by atoms with Gasteiger partial charge in [-0.3, -0.25) is 9.59 Å². The summed E-state index contributed by atoms with van der Waals surface area (Å²) in [5.74, 6) is 0.859. The molecule has 0 saturated carbocycles. The first kappa shape index (κ1) is 17.9. The summed E-state index contributed by atoms with van der Waals surface area (Å²) in [6, 6.07) is 7.32. The molecule has 0 aliphatic rings. The highest BCUT2D eigenvalue weighted by atomic mass is 32.1. The van der Waals surface area contributed by atoms with Crippen LogP contribution < -0.4 is 0 Å². The number of hydrogen-bond acceptors (Lipinski definition) is 7. The van der Waals surface area contributed by atoms with Gasteiger partial charge in [0, 0.05) is 7.05 Å². The Labute approximate surface area is 154 Å². The SMILES string of the molecule is Cc1oc(-c2cccs2)nc1CC(=O)OCC(=O)N(C)Cc1ccco1. The van der Waals surface area contributed by atoms with Gasteiger partial charge in [0.2, 0.25) is 5.89 Å². The smallest absolute Gasteiger partial charge is 0.312 e. The quantitative estimate of drug-likeness (QED) is 0.591. The molecule has 3 heterocycles. The maximum absolute atomic E-state index is 12.0. The van der Waals surface area contributed by atoms with Gasteiger partial charge in [-0.15, -0.1) is 11.3 Å². The van der Waals surface area contributed by atoms with E-state index in [0.717, 1.165) is 4.88 Å². The number of ether oxygens (including phenoxy) is 1. The average Bonchev–Trinajstić information content (AvgIpc) is 3.35. The van der Waals surface area contributed by atoms with Crippen molar-refractivity contribution in [3.8, 4) is 10.8 Å². The number of oxazole rings is 1. The van der Waals surface area contributed by atoms with E-state index in [9.17, 15) is 9.59 Å². The fraction of sp³-hybridized carbons (Fsp3) is 0.278. The van der Waals surface area contributed by atoms with Crippen molar-refractivity contribution in [2.24, 2.45) is 0 Å². The van der Waals surface area contributed by atoms with Crippen molar-refractivity contribution in [2.45, 2.75) is 19.9 Å². The number of esters is 1. The lowest BCUT2D eigenvalue weighted by Gasteiger charge is -2.15. The molecule has 3 aromatic heterocycles. The first-order valence-electron chi connectivity index (χ1n) is 7.95. The third-order valence-corrected chi connectivity index (χ3v) is 4.55. The molecule has 3 aromatic rings. The zero-order valence-corrected chi connectivity index (χ0v) is 15.2. The Hall–Kier alpha value is -2.87. The number of furan rings is 1. The molecule has 0 aromatic carbocycles. The van der Waals surface area contributed by atoms with Gasteiger partial charge in [-0.1, -0.05) is 6.07 Å². The topological polar surface area (TPSA) is 85.8 Å². The lowest BCUT2D eigenvalue weighted by Crippen LogP contribution is -2.31. The van der Waals surface area contributed by atoms with E-state index < -0.39 is 5.97 Å². The number of aromatic nitrogens is 1. The summed E-state index contributed by atoms with van der Waals surface area (Å²) in [6.45, 7) is 1.73. The molecule has 0 aliphatic carbocycles. The van der Waals surface area contributed by atoms with E-state index in [1.807, 2.05) is 17.5 Å². The van der Waals surface area contributed by atoms with Crippen LogP contribution in [0.3, 0.4) is 0 Å². The van der Waals surface area contributed by atoms with Gasteiger partial charge in [0.1, 0.15) is 11.5 Å². The van der Waals surface area contributed by atoms with Crippen molar-refractivity contribution in [3.63, 3.8) is 0 Å². The number of carbonyl (C=O) groups is 2. The molecule has 3 rings (SSSR count). The second kappa shape index (κ2) is 8.01. The van der Waals surface area contributed by atoms with Gasteiger partial charge in [-0.05, 0) is 30.5 Å². The van der Waals surface area contributed by atoms with Crippen LogP contribution in [0.2, 0.25) is 0 Å². The fourth-order valence-corrected chi connectivity index (χ4v) is 2.91. The molecule has 0 aliphatic heterocycles. The maximum Gasteiger partial charge on any atom is 0.312 e. The van der Waals surface area contributed by atoms with E-state index in [2.05, 4.69) is 4.98 Å². The number of thiophene rings is 1. The zero-order valence-electron chi connectivity index (χ0n) is 14.4. The third kappa shape index (κ3) is 4.40. The molecule has 0 bridgehead atoms. The first-order chi connectivity index (χ1) is 12.5. The Morgan fingerprint density at radius 3 is 2.85 bits per heavy atom. The van der Waals surface area contributed by atoms with Gasteiger partial charge in [-0.25, -0.2) is 4.98 Å². The van der Waals surface area contributed by atoms with Crippen molar-refractivity contribution in [2.75, 3.05) is 13.7 Å². The molecule has 0 fully saturated rings. The summed E-state index contributed by atoms with van der Waals surface area (Å²) in [4.78, 5) is 30.7. The highest BCUT2D eigenvalue weighted by molar-refractivity contribution is 7.13. The van der Waals surface area contributed by atoms with E-state index in [-0.39, 0.29) is 18.9 Å². The molecule has 8 heteroatoms. The standard InChI is InChI=1S/C18H18N2O5S/c1-12-14(19-18(25-12)15-6-4-8-26-15)9-17(22)24-11-16(21)20(2)10-13-5-3-7-23-13/h3-8H,9-11H2,1-2H3. The van der Waals surface area contributed by atoms with E-state index in [1.165, 1.54) is 16.2 Å². The van der Waals surface area contributed by atoms with Gasteiger partial charge >= 0.3 is 5.97 Å². The van der Waals surface area contributed by atoms with Crippen LogP contribution in [0.4, 0.5) is 0 Å². The van der Waals surface area contributed by atoms with E-state index in [4.69, 9.17) is 13.6 Å². The summed E-state index contributed by atoms with van der Waals surface area (Å²) in [7, 11) is 1.62. The minimum atomic E-state index is -0.529. The van der Waals surface area contributed by atoms with Gasteiger partial charge in [0.25, 0.3) is 5.91 Å². The molecule has 0 unspecified atom stereocenters. The molecule has 0 N–H and O–H groups in total. The van der Waals surface area contributed by atoms with Gasteiger partial charge in [-0.2, -0.15) is 0 Å². The molecule has 7 nitrogen and oxygen atoms in total. The van der Waals surface area contributed by atoms with Crippen molar-refractivity contribution in [1.82, 2.24) is 9.88 Å². The zero-order chi connectivity index (χ0) is 18.5. The van der Waals surface area contributed by atoms with Crippen LogP contribution in [0.15, 0.2) is 44.7 Å². The second-order valence-electron chi connectivity index (χ2n) is 5.67. The highest BCUT2D eigenvalue weighted by Crippen LogP contribution is 2.26. The van der Waals surface area contributed by atoms with Crippen LogP contribution in [0.5, 0.6) is 0 Å². The molecule has 136 valence electrons. The van der Waals surface area contributed by atoms with E-state index >= 15 is 0 Å². The van der Waals surface area contributed by atoms with Crippen molar-refractivity contribution in [1.29, 1.82) is 0 Å². The number of nitrogens with zero attached hydrogens (tertiary/aromatic N) is 2. The van der Waals surface area contributed by atoms with Crippen molar-refractivity contribution >= 4 is 23.2 Å². The molecular weight excluding hydrogens is 356 g/mol. The Balaban J connectivity index is 1.50. The average molecular weight is 374 g/mol. The molecule has 26 heavy (non-hydrogen) atoms. The highest BCUT2D eigenvalue weighted by Gasteiger charge is 2.18. The number of likely N-dealkylation sites (N-methyl/N-ethyl adjacent to an activating group) is 1. The monoisotopic (exact) mass is 374 g/mol. The molecule has 0 radical (unpaired) electrons. The Kier molecular flexibility index (Phi) is 5.52. The van der Waals surface area contributed by atoms with Crippen LogP contribution in [0.1, 0.15) is 17.2 Å². The Morgan fingerprint density at radius 2 is 2.15 bits per heavy atom. The normalized spacial score (nSPS) is 10.7. The van der Waals surface area contributed by atoms with Crippen LogP contribution in [0, 0.1) is 6.92 Å². The van der Waals surface area contributed by atoms with Crippen molar-refractivity contribution < 1.29 is 23.2 Å². The second-order valence-corrected chi connectivity index (χ2v) is 6.61. The molecule has 0 spiro atoms. The summed E-state index contributed by atoms with van der Waals surface area (Å²) >= 11 is 1.51. The van der Waals surface area contributed by atoms with Crippen LogP contribution in [-0.2, 0) is 27.3 Å². The Morgan fingerprint density at radius 1 is 1.31 bits per heavy atom. The maximum atomic E-state index is 12.0. The van der Waals surface area contributed by atoms with Gasteiger partial charge in [0.05, 0.1) is 29.8 Å². The fourth-order valence-electron chi connectivity index (χ4n) is 2.26. The minimum Gasteiger partial charge on any atom is -0.467 e. The van der Waals surface area contributed by atoms with E-state index in [0.29, 0.717) is 29.6 Å². The Bertz CT molecular complexity index is 868. The number of hydrogen-bond donors (Lipinski definition) is 0. The van der Waals surface area contributed by atoms with Crippen LogP contribution in [-0.4, -0.2) is 35.4 Å². The lowest BCUT2D eigenvalue weighted by molar-refractivity contribution is -0.151. The lowest BCUT2D eigenvalue weighted by atomic mass is 10.3. The van der Waals surface area contributed by atoms with Gasteiger partial charge in [0.15, 0.2) is 6.61 Å². The van der Waals surface area contributed by atoms with Crippen LogP contribution in [0.25, 0.3) is 10.8 Å².